The molecule has 2 rings (SSSR count). The molecule has 0 aromatic carbocycles. The molecule has 1 aliphatic rings. The molecule has 0 amide bonds. The Morgan fingerprint density at radius 3 is 2.62 bits per heavy atom. The Kier molecular flexibility index (Phi) is 4.18. The van der Waals surface area contributed by atoms with Crippen LogP contribution in [0.3, 0.4) is 0 Å². The number of aromatic nitrogens is 2. The minimum atomic E-state index is -5.08. The predicted molar refractivity (Wildman–Crippen MR) is 59.3 cm³/mol. The van der Waals surface area contributed by atoms with Gasteiger partial charge in [-0.3, -0.25) is 19.1 Å². The third kappa shape index (κ3) is 3.32. The maximum Gasteiger partial charge on any atom is 0.523 e. The Balaban J connectivity index is 2.38. The van der Waals surface area contributed by atoms with Crippen molar-refractivity contribution in [1.29, 1.82) is 0 Å². The van der Waals surface area contributed by atoms with Gasteiger partial charge in [0.1, 0.15) is 18.3 Å². The smallest absolute Gasteiger partial charge is 0.394 e. The maximum atomic E-state index is 12.4. The Morgan fingerprint density at radius 1 is 1.43 bits per heavy atom. The third-order valence-electron chi connectivity index (χ3n) is 2.89. The molecule has 2 heterocycles. The summed E-state index contributed by atoms with van der Waals surface area (Å²) in [5.41, 5.74) is -1.78. The molecule has 1 aromatic heterocycles. The summed E-state index contributed by atoms with van der Waals surface area (Å²) in [5, 5.41) is 18.7. The molecule has 0 spiro atoms. The lowest BCUT2D eigenvalue weighted by molar-refractivity contribution is -0.356. The van der Waals surface area contributed by atoms with Crippen LogP contribution in [-0.4, -0.2) is 51.0 Å². The van der Waals surface area contributed by atoms with Crippen LogP contribution in [0.5, 0.6) is 0 Å². The summed E-state index contributed by atoms with van der Waals surface area (Å²) >= 11 is 0. The predicted octanol–water partition coefficient (Wildman–Crippen LogP) is -1.31. The van der Waals surface area contributed by atoms with E-state index >= 15 is 0 Å². The fourth-order valence-corrected chi connectivity index (χ4v) is 2.00. The van der Waals surface area contributed by atoms with E-state index in [1.165, 1.54) is 0 Å². The number of nitrogens with one attached hydrogen (secondary N) is 1. The second kappa shape index (κ2) is 5.60. The lowest BCUT2D eigenvalue weighted by Crippen LogP contribution is -2.41. The molecule has 8 nitrogen and oxygen atoms in total. The topological polar surface area (TPSA) is 114 Å². The first-order valence-corrected chi connectivity index (χ1v) is 5.73. The Bertz CT molecular complexity index is 612. The minimum absolute atomic E-state index is 0.636. The standard InChI is InChI=1S/C10H11F3N2O6/c11-10(12,13)21-7-6(18)4(3-16)20-8(7)15-2-1-5(17)14-9(15)19/h1-2,4,6-8,16,18H,3H2,(H,14,17,19)/t4-,6+,7-,8-/m1/s1. The van der Waals surface area contributed by atoms with E-state index in [1.807, 2.05) is 4.98 Å². The van der Waals surface area contributed by atoms with Crippen LogP contribution in [-0.2, 0) is 9.47 Å². The number of hydrogen-bond acceptors (Lipinski definition) is 6. The zero-order valence-corrected chi connectivity index (χ0v) is 10.3. The SMILES string of the molecule is O=c1ccn([C@@H]2O[C@H](CO)[C@H](O)[C@H]2OC(F)(F)F)c(=O)[nH]1. The van der Waals surface area contributed by atoms with Crippen molar-refractivity contribution in [1.82, 2.24) is 9.55 Å². The minimum Gasteiger partial charge on any atom is -0.394 e. The molecule has 4 atom stereocenters. The van der Waals surface area contributed by atoms with Gasteiger partial charge in [-0.15, -0.1) is 13.2 Å². The highest BCUT2D eigenvalue weighted by Crippen LogP contribution is 2.34. The number of alkyl halides is 3. The molecule has 1 aromatic rings. The second-order valence-electron chi connectivity index (χ2n) is 4.28. The van der Waals surface area contributed by atoms with E-state index in [2.05, 4.69) is 4.74 Å². The van der Waals surface area contributed by atoms with Gasteiger partial charge < -0.3 is 14.9 Å². The molecule has 3 N–H and O–H groups in total. The molecule has 0 radical (unpaired) electrons. The Labute approximate surface area is 114 Å². The fraction of sp³-hybridized carbons (Fsp3) is 0.600. The van der Waals surface area contributed by atoms with Crippen LogP contribution in [0.25, 0.3) is 0 Å². The summed E-state index contributed by atoms with van der Waals surface area (Å²) < 4.78 is 46.5. The van der Waals surface area contributed by atoms with Gasteiger partial charge in [0.15, 0.2) is 6.23 Å². The molecule has 11 heteroatoms. The van der Waals surface area contributed by atoms with Crippen LogP contribution in [0, 0.1) is 0 Å². The zero-order valence-electron chi connectivity index (χ0n) is 10.3. The molecule has 1 fully saturated rings. The molecule has 0 aliphatic carbocycles. The largest absolute Gasteiger partial charge is 0.523 e. The summed E-state index contributed by atoms with van der Waals surface area (Å²) in [6.45, 7) is -0.770. The lowest BCUT2D eigenvalue weighted by Gasteiger charge is -2.22. The van der Waals surface area contributed by atoms with E-state index in [4.69, 9.17) is 9.84 Å². The van der Waals surface area contributed by atoms with Gasteiger partial charge in [0, 0.05) is 12.3 Å². The van der Waals surface area contributed by atoms with Crippen molar-refractivity contribution >= 4 is 0 Å². The van der Waals surface area contributed by atoms with E-state index in [1.54, 1.807) is 0 Å². The average molecular weight is 312 g/mol. The van der Waals surface area contributed by atoms with E-state index in [-0.39, 0.29) is 0 Å². The van der Waals surface area contributed by atoms with Gasteiger partial charge in [0.25, 0.3) is 5.56 Å². The van der Waals surface area contributed by atoms with Gasteiger partial charge in [0.2, 0.25) is 0 Å². The highest BCUT2D eigenvalue weighted by atomic mass is 19.4. The zero-order chi connectivity index (χ0) is 15.8. The molecule has 0 saturated carbocycles. The number of H-pyrrole nitrogens is 1. The molecular formula is C10H11F3N2O6. The van der Waals surface area contributed by atoms with Crippen LogP contribution in [0.2, 0.25) is 0 Å². The molecule has 0 bridgehead atoms. The van der Waals surface area contributed by atoms with Crippen LogP contribution in [0.4, 0.5) is 13.2 Å². The summed E-state index contributed by atoms with van der Waals surface area (Å²) in [6, 6.07) is 0.897. The fourth-order valence-electron chi connectivity index (χ4n) is 2.00. The quantitative estimate of drug-likeness (QED) is 0.639. The molecule has 1 saturated heterocycles. The van der Waals surface area contributed by atoms with Gasteiger partial charge in [-0.05, 0) is 0 Å². The number of ether oxygens (including phenoxy) is 2. The number of aliphatic hydroxyl groups excluding tert-OH is 2. The first-order valence-electron chi connectivity index (χ1n) is 5.73. The number of rotatable bonds is 3. The summed E-state index contributed by atoms with van der Waals surface area (Å²) in [7, 11) is 0. The highest BCUT2D eigenvalue weighted by Gasteiger charge is 2.50. The van der Waals surface area contributed by atoms with Gasteiger partial charge in [-0.25, -0.2) is 4.79 Å². The molecule has 21 heavy (non-hydrogen) atoms. The maximum absolute atomic E-state index is 12.4. The molecule has 1 aliphatic heterocycles. The summed E-state index contributed by atoms with van der Waals surface area (Å²) in [4.78, 5) is 24.4. The number of aromatic amines is 1. The van der Waals surface area contributed by atoms with Crippen molar-refractivity contribution in [2.24, 2.45) is 0 Å². The summed E-state index contributed by atoms with van der Waals surface area (Å²) in [6.07, 6.45) is -11.0. The van der Waals surface area contributed by atoms with Crippen molar-refractivity contribution in [2.75, 3.05) is 6.61 Å². The van der Waals surface area contributed by atoms with E-state index in [9.17, 15) is 27.9 Å². The highest BCUT2D eigenvalue weighted by molar-refractivity contribution is 4.94. The monoisotopic (exact) mass is 312 g/mol. The average Bonchev–Trinajstić information content (AvgIpc) is 2.65. The lowest BCUT2D eigenvalue weighted by atomic mass is 10.1. The first kappa shape index (κ1) is 15.7. The van der Waals surface area contributed by atoms with Crippen molar-refractivity contribution in [3.05, 3.63) is 33.1 Å². The van der Waals surface area contributed by atoms with Gasteiger partial charge in [-0.2, -0.15) is 0 Å². The van der Waals surface area contributed by atoms with Crippen LogP contribution in [0.15, 0.2) is 21.9 Å². The summed E-state index contributed by atoms with van der Waals surface area (Å²) in [5.74, 6) is 0. The van der Waals surface area contributed by atoms with Crippen LogP contribution >= 0.6 is 0 Å². The van der Waals surface area contributed by atoms with Gasteiger partial charge >= 0.3 is 12.1 Å². The van der Waals surface area contributed by atoms with Crippen molar-refractivity contribution < 1.29 is 32.9 Å². The number of hydrogen-bond donors (Lipinski definition) is 3. The molecule has 0 unspecified atom stereocenters. The van der Waals surface area contributed by atoms with Gasteiger partial charge in [-0.1, -0.05) is 0 Å². The molecule has 118 valence electrons. The van der Waals surface area contributed by atoms with Gasteiger partial charge in [0.05, 0.1) is 6.61 Å². The number of aliphatic hydroxyl groups is 2. The third-order valence-corrected chi connectivity index (χ3v) is 2.89. The number of halogens is 3. The second-order valence-corrected chi connectivity index (χ2v) is 4.28. The van der Waals surface area contributed by atoms with E-state index < -0.39 is 48.8 Å². The number of nitrogens with zero attached hydrogens (tertiary/aromatic N) is 1. The van der Waals surface area contributed by atoms with Crippen molar-refractivity contribution in [3.8, 4) is 0 Å². The van der Waals surface area contributed by atoms with Crippen LogP contribution in [0.1, 0.15) is 6.23 Å². The van der Waals surface area contributed by atoms with E-state index in [0.717, 1.165) is 12.3 Å². The normalized spacial score (nSPS) is 29.8. The van der Waals surface area contributed by atoms with Crippen LogP contribution < -0.4 is 11.2 Å². The van der Waals surface area contributed by atoms with Crippen molar-refractivity contribution in [3.63, 3.8) is 0 Å². The Morgan fingerprint density at radius 2 is 2.10 bits per heavy atom. The molecular weight excluding hydrogens is 301 g/mol. The van der Waals surface area contributed by atoms with E-state index in [0.29, 0.717) is 4.57 Å². The first-order chi connectivity index (χ1) is 9.73. The van der Waals surface area contributed by atoms with Crippen molar-refractivity contribution in [2.45, 2.75) is 30.9 Å². The Hall–Kier alpha value is -1.69.